The molecule has 0 aliphatic rings. The van der Waals surface area contributed by atoms with Crippen molar-refractivity contribution >= 4 is 22.9 Å². The fourth-order valence-electron chi connectivity index (χ4n) is 1.56. The highest BCUT2D eigenvalue weighted by Crippen LogP contribution is 2.15. The molecular weight excluding hydrogens is 266 g/mol. The van der Waals surface area contributed by atoms with Crippen LogP contribution in [0, 0.1) is 0 Å². The average Bonchev–Trinajstić information content (AvgIpc) is 2.89. The molecule has 0 saturated carbocycles. The van der Waals surface area contributed by atoms with Crippen molar-refractivity contribution in [1.29, 1.82) is 0 Å². The molecule has 0 amide bonds. The molecule has 96 valence electrons. The zero-order chi connectivity index (χ0) is 12.6. The summed E-state index contributed by atoms with van der Waals surface area (Å²) in [5.74, 6) is 0.860. The van der Waals surface area contributed by atoms with E-state index in [0.29, 0.717) is 6.61 Å². The summed E-state index contributed by atoms with van der Waals surface area (Å²) in [7, 11) is 0. The summed E-state index contributed by atoms with van der Waals surface area (Å²) >= 11 is 7.54. The largest absolute Gasteiger partial charge is 0.492 e. The van der Waals surface area contributed by atoms with Gasteiger partial charge in [-0.15, -0.1) is 0 Å². The Kier molecular flexibility index (Phi) is 5.52. The molecule has 0 aliphatic heterocycles. The average molecular weight is 282 g/mol. The Hall–Kier alpha value is -1.03. The van der Waals surface area contributed by atoms with E-state index in [-0.39, 0.29) is 0 Å². The number of ether oxygens (including phenoxy) is 1. The van der Waals surface area contributed by atoms with E-state index in [1.54, 1.807) is 11.3 Å². The van der Waals surface area contributed by atoms with E-state index in [0.717, 1.165) is 30.3 Å². The van der Waals surface area contributed by atoms with Gasteiger partial charge >= 0.3 is 0 Å². The van der Waals surface area contributed by atoms with Crippen LogP contribution in [0.15, 0.2) is 41.1 Å². The van der Waals surface area contributed by atoms with Gasteiger partial charge in [0.2, 0.25) is 0 Å². The van der Waals surface area contributed by atoms with Gasteiger partial charge < -0.3 is 10.1 Å². The van der Waals surface area contributed by atoms with Gasteiger partial charge in [-0.2, -0.15) is 11.3 Å². The number of hydrogen-bond donors (Lipinski definition) is 1. The molecule has 0 fully saturated rings. The van der Waals surface area contributed by atoms with Crippen LogP contribution in [0.2, 0.25) is 5.02 Å². The fourth-order valence-corrected chi connectivity index (χ4v) is 2.39. The topological polar surface area (TPSA) is 21.3 Å². The number of thiophene rings is 1. The minimum atomic E-state index is 0.672. The van der Waals surface area contributed by atoms with Gasteiger partial charge in [-0.05, 0) is 59.6 Å². The highest BCUT2D eigenvalue weighted by molar-refractivity contribution is 7.07. The van der Waals surface area contributed by atoms with Gasteiger partial charge in [0, 0.05) is 11.6 Å². The van der Waals surface area contributed by atoms with E-state index in [2.05, 4.69) is 22.1 Å². The van der Waals surface area contributed by atoms with E-state index in [4.69, 9.17) is 16.3 Å². The molecule has 0 aliphatic carbocycles. The predicted molar refractivity (Wildman–Crippen MR) is 77.8 cm³/mol. The van der Waals surface area contributed by atoms with Crippen LogP contribution < -0.4 is 10.1 Å². The van der Waals surface area contributed by atoms with Gasteiger partial charge in [-0.25, -0.2) is 0 Å². The van der Waals surface area contributed by atoms with Crippen LogP contribution in [-0.4, -0.2) is 19.7 Å². The lowest BCUT2D eigenvalue weighted by Gasteiger charge is -2.07. The molecule has 2 nitrogen and oxygen atoms in total. The smallest absolute Gasteiger partial charge is 0.119 e. The lowest BCUT2D eigenvalue weighted by molar-refractivity contribution is 0.314. The van der Waals surface area contributed by atoms with Crippen molar-refractivity contribution in [1.82, 2.24) is 5.32 Å². The van der Waals surface area contributed by atoms with Gasteiger partial charge in [0.05, 0.1) is 0 Å². The molecule has 0 radical (unpaired) electrons. The Morgan fingerprint density at radius 3 is 2.67 bits per heavy atom. The molecule has 2 rings (SSSR count). The summed E-state index contributed by atoms with van der Waals surface area (Å²) in [4.78, 5) is 0. The first-order chi connectivity index (χ1) is 8.84. The summed E-state index contributed by atoms with van der Waals surface area (Å²) in [6.07, 6.45) is 1.07. The van der Waals surface area contributed by atoms with E-state index in [1.165, 1.54) is 5.56 Å². The minimum Gasteiger partial charge on any atom is -0.492 e. The van der Waals surface area contributed by atoms with Crippen molar-refractivity contribution in [2.75, 3.05) is 19.7 Å². The number of hydrogen-bond acceptors (Lipinski definition) is 3. The van der Waals surface area contributed by atoms with Crippen LogP contribution in [0.4, 0.5) is 0 Å². The summed E-state index contributed by atoms with van der Waals surface area (Å²) < 4.78 is 5.58. The predicted octanol–water partition coefficient (Wildman–Crippen LogP) is 3.61. The molecule has 0 saturated heterocycles. The van der Waals surface area contributed by atoms with Crippen LogP contribution in [0.3, 0.4) is 0 Å². The van der Waals surface area contributed by atoms with Crippen LogP contribution in [-0.2, 0) is 6.42 Å². The summed E-state index contributed by atoms with van der Waals surface area (Å²) in [5.41, 5.74) is 1.39. The van der Waals surface area contributed by atoms with Crippen LogP contribution >= 0.6 is 22.9 Å². The molecule has 0 unspecified atom stereocenters. The number of nitrogens with one attached hydrogen (secondary N) is 1. The van der Waals surface area contributed by atoms with Crippen molar-refractivity contribution in [3.63, 3.8) is 0 Å². The van der Waals surface area contributed by atoms with Gasteiger partial charge in [-0.3, -0.25) is 0 Å². The lowest BCUT2D eigenvalue weighted by atomic mass is 10.2. The standard InChI is InChI=1S/C14H16ClNOS/c15-13-1-3-14(4-2-13)17-9-8-16-7-5-12-6-10-18-11-12/h1-4,6,10-11,16H,5,7-9H2. The third-order valence-corrected chi connectivity index (χ3v) is 3.52. The van der Waals surface area contributed by atoms with E-state index < -0.39 is 0 Å². The Morgan fingerprint density at radius 2 is 1.94 bits per heavy atom. The first kappa shape index (κ1) is 13.4. The number of rotatable bonds is 7. The van der Waals surface area contributed by atoms with E-state index in [1.807, 2.05) is 24.3 Å². The number of halogens is 1. The molecule has 0 atom stereocenters. The SMILES string of the molecule is Clc1ccc(OCCNCCc2ccsc2)cc1. The highest BCUT2D eigenvalue weighted by Gasteiger charge is 1.95. The molecule has 0 spiro atoms. The Morgan fingerprint density at radius 1 is 1.11 bits per heavy atom. The van der Waals surface area contributed by atoms with Crippen molar-refractivity contribution in [3.8, 4) is 5.75 Å². The molecule has 0 bridgehead atoms. The number of benzene rings is 1. The summed E-state index contributed by atoms with van der Waals surface area (Å²) in [6, 6.07) is 9.60. The molecule has 1 N–H and O–H groups in total. The molecule has 1 heterocycles. The second-order valence-corrected chi connectivity index (χ2v) is 5.15. The summed E-state index contributed by atoms with van der Waals surface area (Å²) in [5, 5.41) is 8.39. The molecule has 2 aromatic rings. The van der Waals surface area contributed by atoms with Gasteiger partial charge in [0.1, 0.15) is 12.4 Å². The third-order valence-electron chi connectivity index (χ3n) is 2.53. The monoisotopic (exact) mass is 281 g/mol. The molecule has 1 aromatic carbocycles. The van der Waals surface area contributed by atoms with E-state index in [9.17, 15) is 0 Å². The van der Waals surface area contributed by atoms with Crippen LogP contribution in [0.25, 0.3) is 0 Å². The quantitative estimate of drug-likeness (QED) is 0.783. The van der Waals surface area contributed by atoms with Crippen LogP contribution in [0.1, 0.15) is 5.56 Å². The van der Waals surface area contributed by atoms with Crippen molar-refractivity contribution < 1.29 is 4.74 Å². The normalized spacial score (nSPS) is 10.5. The lowest BCUT2D eigenvalue weighted by Crippen LogP contribution is -2.23. The van der Waals surface area contributed by atoms with Gasteiger partial charge in [-0.1, -0.05) is 11.6 Å². The zero-order valence-electron chi connectivity index (χ0n) is 10.1. The molecule has 18 heavy (non-hydrogen) atoms. The second kappa shape index (κ2) is 7.41. The Labute approximate surface area is 117 Å². The Bertz CT molecular complexity index is 441. The van der Waals surface area contributed by atoms with E-state index >= 15 is 0 Å². The first-order valence-corrected chi connectivity index (χ1v) is 7.27. The third kappa shape index (κ3) is 4.69. The molecule has 4 heteroatoms. The van der Waals surface area contributed by atoms with Crippen molar-refractivity contribution in [3.05, 3.63) is 51.7 Å². The maximum absolute atomic E-state index is 5.80. The van der Waals surface area contributed by atoms with Gasteiger partial charge in [0.15, 0.2) is 0 Å². The van der Waals surface area contributed by atoms with Crippen molar-refractivity contribution in [2.45, 2.75) is 6.42 Å². The Balaban J connectivity index is 1.55. The first-order valence-electron chi connectivity index (χ1n) is 5.95. The minimum absolute atomic E-state index is 0.672. The fraction of sp³-hybridized carbons (Fsp3) is 0.286. The van der Waals surface area contributed by atoms with Crippen molar-refractivity contribution in [2.24, 2.45) is 0 Å². The molecule has 1 aromatic heterocycles. The molecular formula is C14H16ClNOS. The van der Waals surface area contributed by atoms with Crippen LogP contribution in [0.5, 0.6) is 5.75 Å². The second-order valence-electron chi connectivity index (χ2n) is 3.93. The maximum Gasteiger partial charge on any atom is 0.119 e. The highest BCUT2D eigenvalue weighted by atomic mass is 35.5. The maximum atomic E-state index is 5.80. The van der Waals surface area contributed by atoms with Gasteiger partial charge in [0.25, 0.3) is 0 Å². The zero-order valence-corrected chi connectivity index (χ0v) is 11.6. The summed E-state index contributed by atoms with van der Waals surface area (Å²) in [6.45, 7) is 2.51.